The minimum atomic E-state index is -3.82. The van der Waals surface area contributed by atoms with Gasteiger partial charge in [-0.15, -0.1) is 0 Å². The SMILES string of the molecule is CC1(NC(=O)c2cc(S(N)(=O)=O)ccc2Br)CCCCC1. The third-order valence-electron chi connectivity index (χ3n) is 3.88. The molecule has 1 aliphatic carbocycles. The number of nitrogens with two attached hydrogens (primary N) is 1. The van der Waals surface area contributed by atoms with Gasteiger partial charge < -0.3 is 5.32 Å². The fourth-order valence-electron chi connectivity index (χ4n) is 2.65. The molecule has 0 radical (unpaired) electrons. The van der Waals surface area contributed by atoms with Crippen molar-refractivity contribution in [2.45, 2.75) is 49.5 Å². The third-order valence-corrected chi connectivity index (χ3v) is 5.49. The van der Waals surface area contributed by atoms with E-state index in [1.165, 1.54) is 24.6 Å². The zero-order valence-electron chi connectivity index (χ0n) is 11.9. The number of amides is 1. The molecule has 116 valence electrons. The van der Waals surface area contributed by atoms with Crippen molar-refractivity contribution in [1.29, 1.82) is 0 Å². The predicted molar refractivity (Wildman–Crippen MR) is 84.5 cm³/mol. The maximum atomic E-state index is 12.4. The second-order valence-electron chi connectivity index (χ2n) is 5.76. The van der Waals surface area contributed by atoms with Crippen molar-refractivity contribution in [2.24, 2.45) is 5.14 Å². The van der Waals surface area contributed by atoms with Crippen molar-refractivity contribution < 1.29 is 13.2 Å². The highest BCUT2D eigenvalue weighted by molar-refractivity contribution is 9.10. The molecule has 0 aliphatic heterocycles. The van der Waals surface area contributed by atoms with E-state index in [0.717, 1.165) is 25.7 Å². The molecule has 1 fully saturated rings. The van der Waals surface area contributed by atoms with Crippen LogP contribution < -0.4 is 10.5 Å². The van der Waals surface area contributed by atoms with E-state index < -0.39 is 10.0 Å². The van der Waals surface area contributed by atoms with E-state index in [0.29, 0.717) is 4.47 Å². The van der Waals surface area contributed by atoms with Crippen LogP contribution in [0.1, 0.15) is 49.4 Å². The topological polar surface area (TPSA) is 89.3 Å². The Kier molecular flexibility index (Phi) is 4.75. The van der Waals surface area contributed by atoms with E-state index >= 15 is 0 Å². The predicted octanol–water partition coefficient (Wildman–Crippen LogP) is 2.55. The van der Waals surface area contributed by atoms with Crippen LogP contribution in [-0.2, 0) is 10.0 Å². The van der Waals surface area contributed by atoms with E-state index in [4.69, 9.17) is 5.14 Å². The van der Waals surface area contributed by atoms with Gasteiger partial charge in [-0.2, -0.15) is 0 Å². The van der Waals surface area contributed by atoms with Crippen LogP contribution in [0, 0.1) is 0 Å². The average Bonchev–Trinajstić information content (AvgIpc) is 2.38. The Morgan fingerprint density at radius 2 is 1.90 bits per heavy atom. The molecule has 7 heteroatoms. The summed E-state index contributed by atoms with van der Waals surface area (Å²) in [6, 6.07) is 4.21. The lowest BCUT2D eigenvalue weighted by molar-refractivity contribution is 0.0881. The molecular formula is C14H19BrN2O3S. The Labute approximate surface area is 133 Å². The number of hydrogen-bond donors (Lipinski definition) is 2. The maximum absolute atomic E-state index is 12.4. The van der Waals surface area contributed by atoms with Gasteiger partial charge in [0.15, 0.2) is 0 Å². The highest BCUT2D eigenvalue weighted by Crippen LogP contribution is 2.29. The molecule has 0 spiro atoms. The maximum Gasteiger partial charge on any atom is 0.252 e. The number of benzene rings is 1. The van der Waals surface area contributed by atoms with Crippen LogP contribution in [-0.4, -0.2) is 19.9 Å². The number of rotatable bonds is 3. The summed E-state index contributed by atoms with van der Waals surface area (Å²) in [7, 11) is -3.82. The highest BCUT2D eigenvalue weighted by atomic mass is 79.9. The summed E-state index contributed by atoms with van der Waals surface area (Å²) in [5.74, 6) is -0.281. The fourth-order valence-corrected chi connectivity index (χ4v) is 3.62. The largest absolute Gasteiger partial charge is 0.347 e. The Hall–Kier alpha value is -0.920. The average molecular weight is 375 g/mol. The molecule has 3 N–H and O–H groups in total. The molecular weight excluding hydrogens is 356 g/mol. The smallest absolute Gasteiger partial charge is 0.252 e. The summed E-state index contributed by atoms with van der Waals surface area (Å²) in [4.78, 5) is 12.4. The van der Waals surface area contributed by atoms with Gasteiger partial charge in [-0.05, 0) is 53.9 Å². The van der Waals surface area contributed by atoms with Gasteiger partial charge in [0.1, 0.15) is 0 Å². The monoisotopic (exact) mass is 374 g/mol. The number of nitrogens with one attached hydrogen (secondary N) is 1. The zero-order valence-corrected chi connectivity index (χ0v) is 14.3. The van der Waals surface area contributed by atoms with Crippen LogP contribution >= 0.6 is 15.9 Å². The number of halogens is 1. The molecule has 1 amide bonds. The first kappa shape index (κ1) is 16.5. The van der Waals surface area contributed by atoms with Crippen molar-refractivity contribution >= 4 is 31.9 Å². The molecule has 0 bridgehead atoms. The van der Waals surface area contributed by atoms with Crippen LogP contribution in [0.25, 0.3) is 0 Å². The molecule has 0 heterocycles. The Bertz CT molecular complexity index is 652. The van der Waals surface area contributed by atoms with Gasteiger partial charge in [-0.3, -0.25) is 4.79 Å². The Balaban J connectivity index is 2.26. The first-order chi connectivity index (χ1) is 9.71. The summed E-state index contributed by atoms with van der Waals surface area (Å²) >= 11 is 3.28. The van der Waals surface area contributed by atoms with Crippen molar-refractivity contribution in [2.75, 3.05) is 0 Å². The lowest BCUT2D eigenvalue weighted by Crippen LogP contribution is -2.47. The summed E-state index contributed by atoms with van der Waals surface area (Å²) in [6.45, 7) is 2.03. The summed E-state index contributed by atoms with van der Waals surface area (Å²) in [6.07, 6.45) is 5.25. The van der Waals surface area contributed by atoms with Gasteiger partial charge in [0, 0.05) is 10.0 Å². The van der Waals surface area contributed by atoms with Crippen LogP contribution in [0.4, 0.5) is 0 Å². The van der Waals surface area contributed by atoms with Crippen molar-refractivity contribution in [3.8, 4) is 0 Å². The van der Waals surface area contributed by atoms with Crippen LogP contribution in [0.15, 0.2) is 27.6 Å². The van der Waals surface area contributed by atoms with Crippen LogP contribution in [0.2, 0.25) is 0 Å². The van der Waals surface area contributed by atoms with E-state index in [9.17, 15) is 13.2 Å². The van der Waals surface area contributed by atoms with Gasteiger partial charge in [0.25, 0.3) is 5.91 Å². The fraction of sp³-hybridized carbons (Fsp3) is 0.500. The number of sulfonamides is 1. The molecule has 1 saturated carbocycles. The summed E-state index contributed by atoms with van der Waals surface area (Å²) in [5.41, 5.74) is 0.0557. The molecule has 0 atom stereocenters. The quantitative estimate of drug-likeness (QED) is 0.851. The van der Waals surface area contributed by atoms with E-state index in [-0.39, 0.29) is 21.9 Å². The van der Waals surface area contributed by atoms with Gasteiger partial charge >= 0.3 is 0 Å². The molecule has 0 unspecified atom stereocenters. The number of carbonyl (C=O) groups excluding carboxylic acids is 1. The molecule has 0 saturated heterocycles. The molecule has 5 nitrogen and oxygen atoms in total. The minimum absolute atomic E-state index is 0.0651. The third kappa shape index (κ3) is 4.05. The van der Waals surface area contributed by atoms with Crippen molar-refractivity contribution in [1.82, 2.24) is 5.32 Å². The lowest BCUT2D eigenvalue weighted by Gasteiger charge is -2.34. The standard InChI is InChI=1S/C14H19BrN2O3S/c1-14(7-3-2-4-8-14)17-13(18)11-9-10(21(16,19)20)5-6-12(11)15/h5-6,9H,2-4,7-8H2,1H3,(H,17,18)(H2,16,19,20). The van der Waals surface area contributed by atoms with E-state index in [1.54, 1.807) is 0 Å². The van der Waals surface area contributed by atoms with Crippen LogP contribution in [0.5, 0.6) is 0 Å². The Morgan fingerprint density at radius 3 is 2.48 bits per heavy atom. The molecule has 1 aromatic carbocycles. The highest BCUT2D eigenvalue weighted by Gasteiger charge is 2.29. The van der Waals surface area contributed by atoms with E-state index in [1.807, 2.05) is 6.92 Å². The van der Waals surface area contributed by atoms with Crippen LogP contribution in [0.3, 0.4) is 0 Å². The Morgan fingerprint density at radius 1 is 1.29 bits per heavy atom. The molecule has 21 heavy (non-hydrogen) atoms. The molecule has 2 rings (SSSR count). The lowest BCUT2D eigenvalue weighted by atomic mass is 9.83. The van der Waals surface area contributed by atoms with Crippen molar-refractivity contribution in [3.05, 3.63) is 28.2 Å². The second-order valence-corrected chi connectivity index (χ2v) is 8.18. The van der Waals surface area contributed by atoms with Gasteiger partial charge in [-0.1, -0.05) is 19.3 Å². The molecule has 1 aliphatic rings. The summed E-state index contributed by atoms with van der Waals surface area (Å²) < 4.78 is 23.4. The summed E-state index contributed by atoms with van der Waals surface area (Å²) in [5, 5.41) is 8.14. The first-order valence-electron chi connectivity index (χ1n) is 6.86. The zero-order chi connectivity index (χ0) is 15.7. The van der Waals surface area contributed by atoms with Crippen molar-refractivity contribution in [3.63, 3.8) is 0 Å². The molecule has 1 aromatic rings. The first-order valence-corrected chi connectivity index (χ1v) is 9.20. The second kappa shape index (κ2) is 6.06. The number of carbonyl (C=O) groups is 1. The molecule has 0 aromatic heterocycles. The normalized spacial score (nSPS) is 18.2. The van der Waals surface area contributed by atoms with E-state index in [2.05, 4.69) is 21.2 Å². The minimum Gasteiger partial charge on any atom is -0.347 e. The van der Waals surface area contributed by atoms with Gasteiger partial charge in [-0.25, -0.2) is 13.6 Å². The van der Waals surface area contributed by atoms with Gasteiger partial charge in [0.05, 0.1) is 10.5 Å². The number of hydrogen-bond acceptors (Lipinski definition) is 3. The van der Waals surface area contributed by atoms with Gasteiger partial charge in [0.2, 0.25) is 10.0 Å². The number of primary sulfonamides is 1.